The van der Waals surface area contributed by atoms with Crippen LogP contribution in [0.3, 0.4) is 0 Å². The second-order valence-electron chi connectivity index (χ2n) is 13.5. The zero-order chi connectivity index (χ0) is 39.1. The maximum absolute atomic E-state index is 6.58. The third-order valence-corrected chi connectivity index (χ3v) is 16.9. The predicted molar refractivity (Wildman–Crippen MR) is 212 cm³/mol. The molecule has 1 unspecified atom stereocenters. The summed E-state index contributed by atoms with van der Waals surface area (Å²) in [5, 5.41) is 3.55. The van der Waals surface area contributed by atoms with E-state index in [1.54, 1.807) is 64.0 Å². The minimum atomic E-state index is -4.05. The zero-order valence-electron chi connectivity index (χ0n) is 34.8. The summed E-state index contributed by atoms with van der Waals surface area (Å²) < 4.78 is 58.2. The highest BCUT2D eigenvalue weighted by Crippen LogP contribution is 2.52. The topological polar surface area (TPSA) is 83.1 Å². The van der Waals surface area contributed by atoms with E-state index in [1.165, 1.54) is 11.1 Å². The first kappa shape index (κ1) is 40.3. The Kier molecular flexibility index (Phi) is 11.8. The van der Waals surface area contributed by atoms with E-state index in [0.717, 1.165) is 59.7 Å². The highest BCUT2D eigenvalue weighted by molar-refractivity contribution is 7.18. The smallest absolute Gasteiger partial charge is 0.204 e. The number of methoxy groups -OCH3 is 9. The standard InChI is InChI=1S/C42H58O9Si/c1-20-21(2)29(10)39(28(20)9)52(40-33(46-14)25(6)22(3)30(43-11)36(40)49-17,41-34(47-15)26(7)23(4)31(44-12)37(41)50-18)42-35(48-16)27(8)24(5)32(45-13)38(42)51-19/h28H,1-19H3. The van der Waals surface area contributed by atoms with Crippen molar-refractivity contribution in [2.24, 2.45) is 5.92 Å². The molecule has 3 aromatic rings. The van der Waals surface area contributed by atoms with Gasteiger partial charge in [-0.2, -0.15) is 0 Å². The van der Waals surface area contributed by atoms with E-state index in [9.17, 15) is 0 Å². The fourth-order valence-electron chi connectivity index (χ4n) is 8.60. The molecule has 0 radical (unpaired) electrons. The molecule has 1 atom stereocenters. The predicted octanol–water partition coefficient (Wildman–Crippen LogP) is 6.93. The van der Waals surface area contributed by atoms with Gasteiger partial charge >= 0.3 is 0 Å². The molecule has 4 rings (SSSR count). The number of hydrogen-bond acceptors (Lipinski definition) is 9. The molecule has 0 spiro atoms. The number of benzene rings is 3. The van der Waals surface area contributed by atoms with Gasteiger partial charge in [-0.3, -0.25) is 0 Å². The van der Waals surface area contributed by atoms with E-state index in [1.807, 2.05) is 20.8 Å². The van der Waals surface area contributed by atoms with Gasteiger partial charge in [0.25, 0.3) is 0 Å². The molecule has 9 nitrogen and oxygen atoms in total. The summed E-state index contributed by atoms with van der Waals surface area (Å²) in [6.07, 6.45) is 0. The Hall–Kier alpha value is -4.44. The summed E-state index contributed by atoms with van der Waals surface area (Å²) in [5.41, 5.74) is 8.99. The number of ether oxygens (including phenoxy) is 9. The Balaban J connectivity index is 2.78. The van der Waals surface area contributed by atoms with Crippen molar-refractivity contribution in [3.63, 3.8) is 0 Å². The lowest BCUT2D eigenvalue weighted by atomic mass is 10.0. The van der Waals surface area contributed by atoms with E-state index in [0.29, 0.717) is 51.7 Å². The molecule has 0 saturated carbocycles. The average molecular weight is 735 g/mol. The summed E-state index contributed by atoms with van der Waals surface area (Å²) in [4.78, 5) is 0. The van der Waals surface area contributed by atoms with Crippen LogP contribution in [0.2, 0.25) is 0 Å². The Morgan fingerprint density at radius 1 is 0.327 bits per heavy atom. The first-order chi connectivity index (χ1) is 24.6. The van der Waals surface area contributed by atoms with Crippen molar-refractivity contribution in [1.29, 1.82) is 0 Å². The lowest BCUT2D eigenvalue weighted by Crippen LogP contribution is -2.71. The lowest BCUT2D eigenvalue weighted by molar-refractivity contribution is 0.346. The SMILES string of the molecule is COc1c(C)c(C)c(OC)c([Si](C2=C(C)C(C)=C(C)C2C)(c2c(OC)c(C)c(C)c(OC)c2OC)c2c(OC)c(C)c(C)c(OC)c2OC)c1OC. The second kappa shape index (κ2) is 15.3. The molecule has 0 aliphatic heterocycles. The largest absolute Gasteiger partial charge is 0.496 e. The monoisotopic (exact) mass is 734 g/mol. The molecule has 0 N–H and O–H groups in total. The van der Waals surface area contributed by atoms with Crippen molar-refractivity contribution in [2.75, 3.05) is 64.0 Å². The van der Waals surface area contributed by atoms with Gasteiger partial charge < -0.3 is 42.6 Å². The Morgan fingerprint density at radius 2 is 0.558 bits per heavy atom. The summed E-state index contributed by atoms with van der Waals surface area (Å²) in [5.74, 6) is 5.29. The van der Waals surface area contributed by atoms with Gasteiger partial charge in [-0.05, 0) is 90.5 Å². The van der Waals surface area contributed by atoms with Crippen LogP contribution in [0.4, 0.5) is 0 Å². The van der Waals surface area contributed by atoms with Crippen molar-refractivity contribution in [1.82, 2.24) is 0 Å². The van der Waals surface area contributed by atoms with Gasteiger partial charge in [0.05, 0.1) is 64.0 Å². The molecule has 1 aliphatic carbocycles. The van der Waals surface area contributed by atoms with Crippen molar-refractivity contribution >= 4 is 23.6 Å². The van der Waals surface area contributed by atoms with Crippen LogP contribution in [0, 0.1) is 47.5 Å². The highest BCUT2D eigenvalue weighted by Gasteiger charge is 2.59. The summed E-state index contributed by atoms with van der Waals surface area (Å²) >= 11 is 0. The van der Waals surface area contributed by atoms with E-state index in [-0.39, 0.29) is 5.92 Å². The van der Waals surface area contributed by atoms with E-state index in [4.69, 9.17) is 42.6 Å². The number of allylic oxidation sites excluding steroid dienone is 4. The van der Waals surface area contributed by atoms with Crippen LogP contribution in [0.5, 0.6) is 51.7 Å². The van der Waals surface area contributed by atoms with Crippen molar-refractivity contribution in [3.05, 3.63) is 55.3 Å². The fourth-order valence-corrected chi connectivity index (χ4v) is 15.3. The molecule has 52 heavy (non-hydrogen) atoms. The van der Waals surface area contributed by atoms with E-state index < -0.39 is 8.07 Å². The summed E-state index contributed by atoms with van der Waals surface area (Å²) in [7, 11) is 11.1. The first-order valence-corrected chi connectivity index (χ1v) is 19.4. The number of hydrogen-bond donors (Lipinski definition) is 0. The van der Waals surface area contributed by atoms with Crippen molar-refractivity contribution in [2.45, 2.75) is 69.2 Å². The Labute approximate surface area is 311 Å². The quantitative estimate of drug-likeness (QED) is 0.137. The van der Waals surface area contributed by atoms with Gasteiger partial charge in [-0.1, -0.05) is 23.3 Å². The maximum atomic E-state index is 6.58. The third-order valence-electron chi connectivity index (χ3n) is 11.7. The van der Waals surface area contributed by atoms with Crippen LogP contribution in [-0.2, 0) is 0 Å². The van der Waals surface area contributed by atoms with Crippen LogP contribution in [0.25, 0.3) is 0 Å². The maximum Gasteiger partial charge on any atom is 0.204 e. The highest BCUT2D eigenvalue weighted by atomic mass is 28.3. The minimum Gasteiger partial charge on any atom is -0.496 e. The first-order valence-electron chi connectivity index (χ1n) is 17.4. The van der Waals surface area contributed by atoms with Crippen LogP contribution in [0.1, 0.15) is 61.1 Å². The minimum absolute atomic E-state index is 0.0577. The van der Waals surface area contributed by atoms with Gasteiger partial charge in [0.15, 0.2) is 34.5 Å². The van der Waals surface area contributed by atoms with Gasteiger partial charge in [0.1, 0.15) is 17.2 Å². The summed E-state index contributed by atoms with van der Waals surface area (Å²) in [6, 6.07) is 0. The van der Waals surface area contributed by atoms with Crippen molar-refractivity contribution in [3.8, 4) is 51.7 Å². The van der Waals surface area contributed by atoms with Gasteiger partial charge in [-0.25, -0.2) is 0 Å². The molecule has 0 amide bonds. The number of rotatable bonds is 13. The van der Waals surface area contributed by atoms with Gasteiger partial charge in [-0.15, -0.1) is 0 Å². The Morgan fingerprint density at radius 3 is 0.750 bits per heavy atom. The van der Waals surface area contributed by atoms with Gasteiger partial charge in [0.2, 0.25) is 8.07 Å². The van der Waals surface area contributed by atoms with E-state index in [2.05, 4.69) is 48.5 Å². The molecule has 3 aromatic carbocycles. The molecule has 0 bridgehead atoms. The third kappa shape index (κ3) is 5.39. The Bertz CT molecular complexity index is 1790. The molecule has 0 heterocycles. The molecule has 0 fully saturated rings. The van der Waals surface area contributed by atoms with Crippen LogP contribution >= 0.6 is 0 Å². The van der Waals surface area contributed by atoms with Crippen LogP contribution in [-0.4, -0.2) is 72.1 Å². The molecular formula is C42H58O9Si. The van der Waals surface area contributed by atoms with Crippen LogP contribution < -0.4 is 58.2 Å². The van der Waals surface area contributed by atoms with E-state index >= 15 is 0 Å². The molecular weight excluding hydrogens is 677 g/mol. The second-order valence-corrected chi connectivity index (χ2v) is 17.0. The lowest BCUT2D eigenvalue weighted by Gasteiger charge is -2.43. The fraction of sp³-hybridized carbons (Fsp3) is 0.476. The van der Waals surface area contributed by atoms with Gasteiger partial charge in [0, 0.05) is 32.3 Å². The van der Waals surface area contributed by atoms with Crippen molar-refractivity contribution < 1.29 is 42.6 Å². The normalized spacial score (nSPS) is 14.5. The molecule has 0 saturated heterocycles. The molecule has 10 heteroatoms. The van der Waals surface area contributed by atoms with Crippen LogP contribution in [0.15, 0.2) is 21.9 Å². The molecule has 284 valence electrons. The molecule has 0 aromatic heterocycles. The molecule has 1 aliphatic rings. The summed E-state index contributed by atoms with van der Waals surface area (Å²) in [6.45, 7) is 21.1. The average Bonchev–Trinajstić information content (AvgIpc) is 3.33. The zero-order valence-corrected chi connectivity index (χ0v) is 35.8.